The number of alkyl halides is 3. The van der Waals surface area contributed by atoms with E-state index < -0.39 is 34.3 Å². The Labute approximate surface area is 166 Å². The smallest absolute Gasteiger partial charge is 0.324 e. The zero-order valence-electron chi connectivity index (χ0n) is 15.7. The van der Waals surface area contributed by atoms with E-state index in [1.54, 1.807) is 0 Å². The maximum atomic E-state index is 12.7. The summed E-state index contributed by atoms with van der Waals surface area (Å²) in [4.78, 5) is 12.2. The highest BCUT2D eigenvalue weighted by Gasteiger charge is 2.33. The van der Waals surface area contributed by atoms with Crippen LogP contribution < -0.4 is 5.32 Å². The fourth-order valence-corrected chi connectivity index (χ4v) is 4.77. The molecule has 7 nitrogen and oxygen atoms in total. The third-order valence-electron chi connectivity index (χ3n) is 4.63. The number of nitrogens with one attached hydrogen (secondary N) is 1. The zero-order chi connectivity index (χ0) is 21.2. The summed E-state index contributed by atoms with van der Waals surface area (Å²) >= 11 is 0. The first-order chi connectivity index (χ1) is 13.6. The van der Waals surface area contributed by atoms with Crippen molar-refractivity contribution in [3.63, 3.8) is 0 Å². The highest BCUT2D eigenvalue weighted by atomic mass is 32.2. The molecule has 0 saturated carbocycles. The molecule has 2 heterocycles. The molecule has 1 fully saturated rings. The topological polar surface area (TPSA) is 84.3 Å². The van der Waals surface area contributed by atoms with Crippen molar-refractivity contribution in [2.75, 3.05) is 18.4 Å². The van der Waals surface area contributed by atoms with Crippen LogP contribution in [0.5, 0.6) is 0 Å². The van der Waals surface area contributed by atoms with Gasteiger partial charge in [-0.3, -0.25) is 9.48 Å². The third-order valence-corrected chi connectivity index (χ3v) is 6.51. The molecule has 0 aliphatic carbocycles. The van der Waals surface area contributed by atoms with Crippen LogP contribution >= 0.6 is 0 Å². The monoisotopic (exact) mass is 430 g/mol. The number of carbonyl (C=O) groups is 1. The van der Waals surface area contributed by atoms with Crippen molar-refractivity contribution in [1.29, 1.82) is 0 Å². The zero-order valence-corrected chi connectivity index (χ0v) is 16.5. The van der Waals surface area contributed by atoms with E-state index in [4.69, 9.17) is 0 Å². The summed E-state index contributed by atoms with van der Waals surface area (Å²) in [7, 11) is -3.60. The molecule has 1 saturated heterocycles. The Morgan fingerprint density at radius 3 is 2.52 bits per heavy atom. The van der Waals surface area contributed by atoms with Crippen molar-refractivity contribution >= 4 is 21.6 Å². The minimum atomic E-state index is -4.57. The molecule has 11 heteroatoms. The molecule has 1 atom stereocenters. The first-order valence-electron chi connectivity index (χ1n) is 9.06. The summed E-state index contributed by atoms with van der Waals surface area (Å²) in [5.74, 6) is -0.278. The van der Waals surface area contributed by atoms with Crippen LogP contribution in [0.1, 0.15) is 25.5 Å². The molecule has 1 N–H and O–H groups in total. The van der Waals surface area contributed by atoms with Gasteiger partial charge in [0, 0.05) is 25.0 Å². The molecule has 1 aromatic carbocycles. The summed E-state index contributed by atoms with van der Waals surface area (Å²) in [6, 6.07) is 6.49. The van der Waals surface area contributed by atoms with Gasteiger partial charge in [-0.2, -0.15) is 22.6 Å². The molecule has 0 bridgehead atoms. The quantitative estimate of drug-likeness (QED) is 0.791. The molecule has 1 unspecified atom stereocenters. The number of piperidine rings is 1. The highest BCUT2D eigenvalue weighted by molar-refractivity contribution is 7.89. The van der Waals surface area contributed by atoms with Gasteiger partial charge in [-0.05, 0) is 49.1 Å². The molecule has 0 radical (unpaired) electrons. The summed E-state index contributed by atoms with van der Waals surface area (Å²) < 4.78 is 65.4. The SMILES string of the molecule is CC1CCCN(S(=O)(=O)c2ccc(NC(=O)Cn3ccc(C(F)(F)F)n3)cc2)C1. The fraction of sp³-hybridized carbons (Fsp3) is 0.444. The van der Waals surface area contributed by atoms with Gasteiger partial charge < -0.3 is 5.32 Å². The molecule has 2 aromatic rings. The lowest BCUT2D eigenvalue weighted by atomic mass is 10.0. The second-order valence-corrected chi connectivity index (χ2v) is 9.02. The molecular weight excluding hydrogens is 409 g/mol. The standard InChI is InChI=1S/C18H21F3N4O3S/c1-13-3-2-9-25(11-13)29(27,28)15-6-4-14(5-7-15)22-17(26)12-24-10-8-16(23-24)18(19,20)21/h4-8,10,13H,2-3,9,11-12H2,1H3,(H,22,26). The van der Waals surface area contributed by atoms with Gasteiger partial charge in [0.15, 0.2) is 5.69 Å². The molecule has 29 heavy (non-hydrogen) atoms. The van der Waals surface area contributed by atoms with E-state index in [0.717, 1.165) is 29.8 Å². The Kier molecular flexibility index (Phi) is 5.99. The highest BCUT2D eigenvalue weighted by Crippen LogP contribution is 2.27. The van der Waals surface area contributed by atoms with Crippen LogP contribution in [0.2, 0.25) is 0 Å². The minimum absolute atomic E-state index is 0.131. The summed E-state index contributed by atoms with van der Waals surface area (Å²) in [6.07, 6.45) is -1.69. The minimum Gasteiger partial charge on any atom is -0.324 e. The number of sulfonamides is 1. The van der Waals surface area contributed by atoms with Gasteiger partial charge in [0.2, 0.25) is 15.9 Å². The number of amides is 1. The van der Waals surface area contributed by atoms with Gasteiger partial charge in [0.05, 0.1) is 4.90 Å². The van der Waals surface area contributed by atoms with E-state index in [9.17, 15) is 26.4 Å². The molecule has 1 aliphatic heterocycles. The lowest BCUT2D eigenvalue weighted by molar-refractivity contribution is -0.141. The third kappa shape index (κ3) is 5.15. The molecule has 1 amide bonds. The van der Waals surface area contributed by atoms with Crippen LogP contribution in [0.3, 0.4) is 0 Å². The summed E-state index contributed by atoms with van der Waals surface area (Å²) in [5, 5.41) is 5.83. The Balaban J connectivity index is 1.63. The van der Waals surface area contributed by atoms with Crippen LogP contribution in [0.4, 0.5) is 18.9 Å². The Bertz CT molecular complexity index is 971. The van der Waals surface area contributed by atoms with Crippen molar-refractivity contribution in [3.8, 4) is 0 Å². The number of anilines is 1. The number of aromatic nitrogens is 2. The van der Waals surface area contributed by atoms with Crippen molar-refractivity contribution < 1.29 is 26.4 Å². The molecule has 1 aromatic heterocycles. The normalized spacial score (nSPS) is 18.6. The van der Waals surface area contributed by atoms with Gasteiger partial charge in [0.1, 0.15) is 6.54 Å². The van der Waals surface area contributed by atoms with E-state index in [1.165, 1.54) is 28.6 Å². The van der Waals surface area contributed by atoms with Gasteiger partial charge >= 0.3 is 6.18 Å². The number of benzene rings is 1. The van der Waals surface area contributed by atoms with E-state index in [0.29, 0.717) is 24.7 Å². The molecule has 158 valence electrons. The van der Waals surface area contributed by atoms with Crippen molar-refractivity contribution in [2.24, 2.45) is 5.92 Å². The summed E-state index contributed by atoms with van der Waals surface area (Å²) in [5.41, 5.74) is -0.740. The number of halogens is 3. The maximum Gasteiger partial charge on any atom is 0.435 e. The Hall–Kier alpha value is -2.40. The predicted octanol–water partition coefficient (Wildman–Crippen LogP) is 2.96. The Morgan fingerprint density at radius 2 is 1.93 bits per heavy atom. The van der Waals surface area contributed by atoms with E-state index in [1.807, 2.05) is 6.92 Å². The molecule has 3 rings (SSSR count). The number of hydrogen-bond donors (Lipinski definition) is 1. The predicted molar refractivity (Wildman–Crippen MR) is 99.5 cm³/mol. The number of hydrogen-bond acceptors (Lipinski definition) is 4. The molecule has 1 aliphatic rings. The van der Waals surface area contributed by atoms with Crippen LogP contribution in [0.15, 0.2) is 41.4 Å². The van der Waals surface area contributed by atoms with Gasteiger partial charge in [-0.1, -0.05) is 6.92 Å². The second kappa shape index (κ2) is 8.15. The van der Waals surface area contributed by atoms with Crippen molar-refractivity contribution in [1.82, 2.24) is 14.1 Å². The number of nitrogens with zero attached hydrogens (tertiary/aromatic N) is 3. The average Bonchev–Trinajstić information content (AvgIpc) is 3.11. The van der Waals surface area contributed by atoms with E-state index in [2.05, 4.69) is 10.4 Å². The van der Waals surface area contributed by atoms with Crippen molar-refractivity contribution in [2.45, 2.75) is 37.4 Å². The maximum absolute atomic E-state index is 12.7. The Morgan fingerprint density at radius 1 is 1.24 bits per heavy atom. The van der Waals surface area contributed by atoms with Crippen LogP contribution in [-0.4, -0.2) is 41.5 Å². The van der Waals surface area contributed by atoms with Crippen LogP contribution in [0.25, 0.3) is 0 Å². The van der Waals surface area contributed by atoms with Crippen LogP contribution in [0, 0.1) is 5.92 Å². The number of carbonyl (C=O) groups excluding carboxylic acids is 1. The van der Waals surface area contributed by atoms with Crippen LogP contribution in [-0.2, 0) is 27.5 Å². The largest absolute Gasteiger partial charge is 0.435 e. The fourth-order valence-electron chi connectivity index (χ4n) is 3.17. The van der Waals surface area contributed by atoms with E-state index in [-0.39, 0.29) is 4.90 Å². The lowest BCUT2D eigenvalue weighted by Gasteiger charge is -2.30. The van der Waals surface area contributed by atoms with Gasteiger partial charge in [-0.15, -0.1) is 0 Å². The number of rotatable bonds is 5. The van der Waals surface area contributed by atoms with E-state index >= 15 is 0 Å². The van der Waals surface area contributed by atoms with Crippen molar-refractivity contribution in [3.05, 3.63) is 42.2 Å². The summed E-state index contributed by atoms with van der Waals surface area (Å²) in [6.45, 7) is 2.57. The lowest BCUT2D eigenvalue weighted by Crippen LogP contribution is -2.39. The first kappa shape index (κ1) is 21.3. The molecular formula is C18H21F3N4O3S. The second-order valence-electron chi connectivity index (χ2n) is 7.08. The van der Waals surface area contributed by atoms with Gasteiger partial charge in [-0.25, -0.2) is 8.42 Å². The average molecular weight is 430 g/mol. The first-order valence-corrected chi connectivity index (χ1v) is 10.5. The molecule has 0 spiro atoms. The van der Waals surface area contributed by atoms with Gasteiger partial charge in [0.25, 0.3) is 0 Å².